The van der Waals surface area contributed by atoms with Gasteiger partial charge >= 0.3 is 0 Å². The molecule has 0 saturated carbocycles. The predicted octanol–water partition coefficient (Wildman–Crippen LogP) is 2.27. The zero-order valence-electron chi connectivity index (χ0n) is 12.8. The van der Waals surface area contributed by atoms with E-state index in [1.807, 2.05) is 11.7 Å². The number of hydrogen-bond donors (Lipinski definition) is 1. The predicted molar refractivity (Wildman–Crippen MR) is 84.1 cm³/mol. The fourth-order valence-electron chi connectivity index (χ4n) is 3.09. The number of hydrogen-bond acceptors (Lipinski definition) is 4. The topological polar surface area (TPSA) is 46.0 Å². The van der Waals surface area contributed by atoms with Crippen LogP contribution < -0.4 is 10.2 Å². The Labute approximate surface area is 126 Å². The molecule has 0 spiro atoms. The number of aromatic nitrogens is 3. The maximum absolute atomic E-state index is 4.36. The van der Waals surface area contributed by atoms with Crippen molar-refractivity contribution in [1.29, 1.82) is 0 Å². The molecule has 0 amide bonds. The van der Waals surface area contributed by atoms with E-state index >= 15 is 0 Å². The first kappa shape index (κ1) is 14.1. The van der Waals surface area contributed by atoms with Gasteiger partial charge in [0.1, 0.15) is 12.2 Å². The summed E-state index contributed by atoms with van der Waals surface area (Å²) in [6.07, 6.45) is 3.99. The minimum absolute atomic E-state index is 0.454. The van der Waals surface area contributed by atoms with Gasteiger partial charge in [-0.15, -0.1) is 0 Å². The molecule has 5 heteroatoms. The van der Waals surface area contributed by atoms with Gasteiger partial charge < -0.3 is 10.2 Å². The molecule has 5 nitrogen and oxygen atoms in total. The minimum atomic E-state index is 0.454. The number of fused-ring (bicyclic) bond motifs is 1. The van der Waals surface area contributed by atoms with E-state index in [0.29, 0.717) is 6.04 Å². The van der Waals surface area contributed by atoms with E-state index in [4.69, 9.17) is 0 Å². The highest BCUT2D eigenvalue weighted by atomic mass is 15.3. The van der Waals surface area contributed by atoms with E-state index in [0.717, 1.165) is 25.5 Å². The monoisotopic (exact) mass is 285 g/mol. The van der Waals surface area contributed by atoms with Gasteiger partial charge in [0.25, 0.3) is 0 Å². The third-order valence-corrected chi connectivity index (χ3v) is 4.16. The fourth-order valence-corrected chi connectivity index (χ4v) is 3.09. The molecule has 2 aromatic rings. The lowest BCUT2D eigenvalue weighted by Crippen LogP contribution is -2.25. The zero-order valence-corrected chi connectivity index (χ0v) is 12.8. The molecule has 1 unspecified atom stereocenters. The smallest absolute Gasteiger partial charge is 0.146 e. The third-order valence-electron chi connectivity index (χ3n) is 4.16. The number of nitrogens with zero attached hydrogens (tertiary/aromatic N) is 4. The summed E-state index contributed by atoms with van der Waals surface area (Å²) in [6.45, 7) is 5.05. The molecule has 1 aromatic heterocycles. The van der Waals surface area contributed by atoms with Crippen LogP contribution in [0.2, 0.25) is 0 Å². The molecule has 112 valence electrons. The average Bonchev–Trinajstić information content (AvgIpc) is 2.82. The van der Waals surface area contributed by atoms with Crippen LogP contribution in [0.25, 0.3) is 0 Å². The number of benzene rings is 1. The lowest BCUT2D eigenvalue weighted by atomic mass is 10.0. The van der Waals surface area contributed by atoms with Crippen molar-refractivity contribution >= 4 is 5.69 Å². The van der Waals surface area contributed by atoms with E-state index in [-0.39, 0.29) is 0 Å². The molecular weight excluding hydrogens is 262 g/mol. The second-order valence-corrected chi connectivity index (χ2v) is 5.53. The van der Waals surface area contributed by atoms with Crippen molar-refractivity contribution < 1.29 is 0 Å². The van der Waals surface area contributed by atoms with Gasteiger partial charge in [0.2, 0.25) is 0 Å². The quantitative estimate of drug-likeness (QED) is 0.936. The standard InChI is InChI=1S/C16H23N5/c1-3-17-14-8-6-10-21(11-16-18-12-19-20(16)2)15-9-5-4-7-13(14)15/h4-5,7,9,12,14,17H,3,6,8,10-11H2,1-2H3. The van der Waals surface area contributed by atoms with Crippen molar-refractivity contribution in [2.75, 3.05) is 18.0 Å². The number of anilines is 1. The van der Waals surface area contributed by atoms with Crippen molar-refractivity contribution in [2.45, 2.75) is 32.4 Å². The summed E-state index contributed by atoms with van der Waals surface area (Å²) < 4.78 is 1.86. The molecule has 3 rings (SSSR count). The summed E-state index contributed by atoms with van der Waals surface area (Å²) in [6, 6.07) is 9.18. The minimum Gasteiger partial charge on any atom is -0.364 e. The highest BCUT2D eigenvalue weighted by Crippen LogP contribution is 2.33. The SMILES string of the molecule is CCNC1CCCN(Cc2ncnn2C)c2ccccc21. The van der Waals surface area contributed by atoms with E-state index < -0.39 is 0 Å². The van der Waals surface area contributed by atoms with Gasteiger partial charge in [0, 0.05) is 25.3 Å². The molecule has 21 heavy (non-hydrogen) atoms. The van der Waals surface area contributed by atoms with Gasteiger partial charge in [0.05, 0.1) is 6.54 Å². The Kier molecular flexibility index (Phi) is 4.20. The van der Waals surface area contributed by atoms with Gasteiger partial charge in [-0.3, -0.25) is 4.68 Å². The van der Waals surface area contributed by atoms with Gasteiger partial charge in [0.15, 0.2) is 0 Å². The van der Waals surface area contributed by atoms with Crippen molar-refractivity contribution in [1.82, 2.24) is 20.1 Å². The highest BCUT2D eigenvalue weighted by Gasteiger charge is 2.22. The van der Waals surface area contributed by atoms with E-state index in [1.54, 1.807) is 6.33 Å². The summed E-state index contributed by atoms with van der Waals surface area (Å²) in [5.74, 6) is 1.01. The van der Waals surface area contributed by atoms with Crippen LogP contribution in [0.1, 0.15) is 37.2 Å². The Balaban J connectivity index is 1.90. The average molecular weight is 285 g/mol. The Morgan fingerprint density at radius 2 is 2.19 bits per heavy atom. The zero-order chi connectivity index (χ0) is 14.7. The van der Waals surface area contributed by atoms with Crippen LogP contribution in [0.3, 0.4) is 0 Å². The third kappa shape index (κ3) is 2.93. The number of rotatable bonds is 4. The summed E-state index contributed by atoms with van der Waals surface area (Å²) in [5.41, 5.74) is 2.72. The maximum atomic E-state index is 4.36. The van der Waals surface area contributed by atoms with Crippen LogP contribution >= 0.6 is 0 Å². The molecule has 0 fully saturated rings. The van der Waals surface area contributed by atoms with Crippen molar-refractivity contribution in [2.24, 2.45) is 7.05 Å². The van der Waals surface area contributed by atoms with Crippen molar-refractivity contribution in [3.05, 3.63) is 42.0 Å². The molecular formula is C16H23N5. The number of aryl methyl sites for hydroxylation is 1. The van der Waals surface area contributed by atoms with Crippen LogP contribution in [0.5, 0.6) is 0 Å². The fraction of sp³-hybridized carbons (Fsp3) is 0.500. The summed E-state index contributed by atoms with van der Waals surface area (Å²) in [7, 11) is 1.95. The Bertz CT molecular complexity index is 592. The van der Waals surface area contributed by atoms with Crippen molar-refractivity contribution in [3.63, 3.8) is 0 Å². The van der Waals surface area contributed by atoms with Gasteiger partial charge in [-0.25, -0.2) is 4.98 Å². The lowest BCUT2D eigenvalue weighted by molar-refractivity contribution is 0.510. The molecule has 1 N–H and O–H groups in total. The van der Waals surface area contributed by atoms with Crippen LogP contribution in [-0.4, -0.2) is 27.9 Å². The van der Waals surface area contributed by atoms with Crippen LogP contribution in [0, 0.1) is 0 Å². The molecule has 0 saturated heterocycles. The molecule has 1 atom stereocenters. The highest BCUT2D eigenvalue weighted by molar-refractivity contribution is 5.55. The van der Waals surface area contributed by atoms with Crippen LogP contribution in [-0.2, 0) is 13.6 Å². The van der Waals surface area contributed by atoms with E-state index in [1.165, 1.54) is 24.1 Å². The van der Waals surface area contributed by atoms with Crippen LogP contribution in [0.4, 0.5) is 5.69 Å². The van der Waals surface area contributed by atoms with E-state index in [9.17, 15) is 0 Å². The number of nitrogens with one attached hydrogen (secondary N) is 1. The largest absolute Gasteiger partial charge is 0.364 e. The first-order valence-corrected chi connectivity index (χ1v) is 7.69. The Hall–Kier alpha value is -1.88. The molecule has 0 bridgehead atoms. The van der Waals surface area contributed by atoms with Crippen molar-refractivity contribution in [3.8, 4) is 0 Å². The molecule has 1 aliphatic rings. The lowest BCUT2D eigenvalue weighted by Gasteiger charge is -2.25. The molecule has 1 aromatic carbocycles. The molecule has 0 aliphatic carbocycles. The first-order valence-electron chi connectivity index (χ1n) is 7.69. The second-order valence-electron chi connectivity index (χ2n) is 5.53. The molecule has 2 heterocycles. The molecule has 0 radical (unpaired) electrons. The van der Waals surface area contributed by atoms with Gasteiger partial charge in [-0.2, -0.15) is 5.10 Å². The molecule has 1 aliphatic heterocycles. The Morgan fingerprint density at radius 3 is 2.95 bits per heavy atom. The summed E-state index contributed by atoms with van der Waals surface area (Å²) in [5, 5.41) is 7.78. The van der Waals surface area contributed by atoms with Gasteiger partial charge in [-0.05, 0) is 31.0 Å². The summed E-state index contributed by atoms with van der Waals surface area (Å²) in [4.78, 5) is 6.79. The van der Waals surface area contributed by atoms with E-state index in [2.05, 4.69) is 51.5 Å². The first-order chi connectivity index (χ1) is 10.3. The van der Waals surface area contributed by atoms with Crippen LogP contribution in [0.15, 0.2) is 30.6 Å². The number of para-hydroxylation sites is 1. The second kappa shape index (κ2) is 6.26. The summed E-state index contributed by atoms with van der Waals surface area (Å²) >= 11 is 0. The maximum Gasteiger partial charge on any atom is 0.146 e. The van der Waals surface area contributed by atoms with Gasteiger partial charge in [-0.1, -0.05) is 25.1 Å². The normalized spacial score (nSPS) is 18.4. The Morgan fingerprint density at radius 1 is 1.33 bits per heavy atom.